The SMILES string of the molecule is C=CCNC(=O)C1C/C(=N\OCc2ccc(Cl)c(Cl)c2)CN1C(=O)C(c1ccccc1)c1ccccc1. The lowest BCUT2D eigenvalue weighted by atomic mass is 9.90. The number of benzene rings is 3. The van der Waals surface area contributed by atoms with Gasteiger partial charge in [-0.1, -0.05) is 101 Å². The molecule has 1 unspecified atom stereocenters. The zero-order chi connectivity index (χ0) is 26.2. The van der Waals surface area contributed by atoms with Gasteiger partial charge in [0.1, 0.15) is 12.6 Å². The maximum absolute atomic E-state index is 14.0. The van der Waals surface area contributed by atoms with Crippen LogP contribution in [0.5, 0.6) is 0 Å². The van der Waals surface area contributed by atoms with Crippen LogP contribution >= 0.6 is 23.2 Å². The van der Waals surface area contributed by atoms with E-state index in [1.165, 1.54) is 0 Å². The van der Waals surface area contributed by atoms with Crippen molar-refractivity contribution in [2.24, 2.45) is 5.16 Å². The number of halogens is 2. The lowest BCUT2D eigenvalue weighted by Gasteiger charge is -2.28. The molecule has 0 aromatic heterocycles. The van der Waals surface area contributed by atoms with Crippen LogP contribution in [0.4, 0.5) is 0 Å². The van der Waals surface area contributed by atoms with Crippen molar-refractivity contribution in [2.45, 2.75) is 25.0 Å². The summed E-state index contributed by atoms with van der Waals surface area (Å²) < 4.78 is 0. The third kappa shape index (κ3) is 6.59. The van der Waals surface area contributed by atoms with E-state index >= 15 is 0 Å². The van der Waals surface area contributed by atoms with Crippen molar-refractivity contribution in [1.82, 2.24) is 10.2 Å². The van der Waals surface area contributed by atoms with Crippen LogP contribution in [0, 0.1) is 0 Å². The summed E-state index contributed by atoms with van der Waals surface area (Å²) in [6.45, 7) is 4.33. The van der Waals surface area contributed by atoms with E-state index in [0.717, 1.165) is 16.7 Å². The Hall–Kier alpha value is -3.61. The van der Waals surface area contributed by atoms with Gasteiger partial charge in [0.05, 0.1) is 28.2 Å². The minimum absolute atomic E-state index is 0.175. The van der Waals surface area contributed by atoms with Crippen LogP contribution in [0.25, 0.3) is 0 Å². The molecular weight excluding hydrogens is 509 g/mol. The highest BCUT2D eigenvalue weighted by Crippen LogP contribution is 2.30. The van der Waals surface area contributed by atoms with Gasteiger partial charge in [-0.3, -0.25) is 9.59 Å². The van der Waals surface area contributed by atoms with E-state index in [9.17, 15) is 9.59 Å². The van der Waals surface area contributed by atoms with Crippen LogP contribution in [0.2, 0.25) is 10.0 Å². The second-order valence-corrected chi connectivity index (χ2v) is 9.47. The number of carbonyl (C=O) groups excluding carboxylic acids is 2. The molecule has 0 spiro atoms. The quantitative estimate of drug-likeness (QED) is 0.286. The van der Waals surface area contributed by atoms with Gasteiger partial charge in [-0.2, -0.15) is 0 Å². The first kappa shape index (κ1) is 26.5. The highest BCUT2D eigenvalue weighted by molar-refractivity contribution is 6.42. The van der Waals surface area contributed by atoms with E-state index in [1.807, 2.05) is 60.7 Å². The van der Waals surface area contributed by atoms with Crippen molar-refractivity contribution < 1.29 is 14.4 Å². The summed E-state index contributed by atoms with van der Waals surface area (Å²) in [4.78, 5) is 34.3. The fraction of sp³-hybridized carbons (Fsp3) is 0.207. The van der Waals surface area contributed by atoms with Gasteiger partial charge >= 0.3 is 0 Å². The van der Waals surface area contributed by atoms with Gasteiger partial charge in [-0.15, -0.1) is 6.58 Å². The number of hydrogen-bond donors (Lipinski definition) is 1. The molecule has 1 aliphatic heterocycles. The molecule has 37 heavy (non-hydrogen) atoms. The molecule has 6 nitrogen and oxygen atoms in total. The molecule has 1 N–H and O–H groups in total. The Morgan fingerprint density at radius 1 is 1.03 bits per heavy atom. The monoisotopic (exact) mass is 535 g/mol. The van der Waals surface area contributed by atoms with Gasteiger partial charge in [0, 0.05) is 13.0 Å². The molecule has 1 saturated heterocycles. The number of amides is 2. The van der Waals surface area contributed by atoms with Gasteiger partial charge in [-0.25, -0.2) is 0 Å². The summed E-state index contributed by atoms with van der Waals surface area (Å²) in [6, 6.07) is 23.6. The Bertz CT molecular complexity index is 1240. The van der Waals surface area contributed by atoms with Crippen LogP contribution in [-0.4, -0.2) is 41.6 Å². The molecule has 1 heterocycles. The number of nitrogens with one attached hydrogen (secondary N) is 1. The van der Waals surface area contributed by atoms with Crippen molar-refractivity contribution >= 4 is 40.7 Å². The average molecular weight is 536 g/mol. The molecule has 3 aromatic carbocycles. The van der Waals surface area contributed by atoms with Crippen molar-refractivity contribution in [2.75, 3.05) is 13.1 Å². The Kier molecular flexibility index (Phi) is 8.99. The summed E-state index contributed by atoms with van der Waals surface area (Å²) in [7, 11) is 0. The van der Waals surface area contributed by atoms with Gasteiger partial charge in [0.15, 0.2) is 0 Å². The minimum Gasteiger partial charge on any atom is -0.391 e. The summed E-state index contributed by atoms with van der Waals surface area (Å²) >= 11 is 12.1. The summed E-state index contributed by atoms with van der Waals surface area (Å²) in [6.07, 6.45) is 1.87. The minimum atomic E-state index is -0.713. The van der Waals surface area contributed by atoms with Gasteiger partial charge < -0.3 is 15.1 Å². The van der Waals surface area contributed by atoms with E-state index in [1.54, 1.807) is 29.2 Å². The molecule has 0 aliphatic carbocycles. The van der Waals surface area contributed by atoms with Crippen LogP contribution in [-0.2, 0) is 21.0 Å². The highest BCUT2D eigenvalue weighted by atomic mass is 35.5. The molecular formula is C29H27Cl2N3O3. The van der Waals surface area contributed by atoms with Gasteiger partial charge in [-0.05, 0) is 28.8 Å². The Balaban J connectivity index is 1.58. The summed E-state index contributed by atoms with van der Waals surface area (Å²) in [5, 5.41) is 7.98. The van der Waals surface area contributed by atoms with Gasteiger partial charge in [0.2, 0.25) is 11.8 Å². The molecule has 3 aromatic rings. The molecule has 0 radical (unpaired) electrons. The second-order valence-electron chi connectivity index (χ2n) is 8.65. The first-order valence-electron chi connectivity index (χ1n) is 11.9. The molecule has 1 aliphatic rings. The van der Waals surface area contributed by atoms with E-state index in [4.69, 9.17) is 28.0 Å². The number of hydrogen-bond acceptors (Lipinski definition) is 4. The number of nitrogens with zero attached hydrogens (tertiary/aromatic N) is 2. The first-order chi connectivity index (χ1) is 18.0. The molecule has 2 amide bonds. The maximum atomic E-state index is 14.0. The number of oxime groups is 1. The van der Waals surface area contributed by atoms with E-state index in [2.05, 4.69) is 17.1 Å². The van der Waals surface area contributed by atoms with E-state index in [-0.39, 0.29) is 31.4 Å². The standard InChI is InChI=1S/C29H27Cl2N3O3/c1-2-15-32-28(35)26-17-23(33-37-19-20-13-14-24(30)25(31)16-20)18-34(26)29(36)27(21-9-5-3-6-10-21)22-11-7-4-8-12-22/h2-14,16,26-27H,1,15,17-19H2,(H,32,35)/b33-23+. The zero-order valence-electron chi connectivity index (χ0n) is 20.1. The average Bonchev–Trinajstić information content (AvgIpc) is 3.35. The molecule has 1 fully saturated rings. The van der Waals surface area contributed by atoms with Gasteiger partial charge in [0.25, 0.3) is 0 Å². The second kappa shape index (κ2) is 12.6. The van der Waals surface area contributed by atoms with Crippen molar-refractivity contribution in [3.05, 3.63) is 118 Å². The number of carbonyl (C=O) groups is 2. The highest BCUT2D eigenvalue weighted by Gasteiger charge is 2.41. The largest absolute Gasteiger partial charge is 0.391 e. The lowest BCUT2D eigenvalue weighted by Crippen LogP contribution is -2.47. The molecule has 8 heteroatoms. The molecule has 4 rings (SSSR count). The van der Waals surface area contributed by atoms with E-state index in [0.29, 0.717) is 22.3 Å². The van der Waals surface area contributed by atoms with Crippen LogP contribution < -0.4 is 5.32 Å². The summed E-state index contributed by atoms with van der Waals surface area (Å²) in [5.41, 5.74) is 3.11. The van der Waals surface area contributed by atoms with Crippen molar-refractivity contribution in [3.63, 3.8) is 0 Å². The smallest absolute Gasteiger partial charge is 0.243 e. The van der Waals surface area contributed by atoms with E-state index < -0.39 is 12.0 Å². The molecule has 190 valence electrons. The van der Waals surface area contributed by atoms with Crippen molar-refractivity contribution in [3.8, 4) is 0 Å². The third-order valence-corrected chi connectivity index (χ3v) is 6.83. The Labute approximate surface area is 226 Å². The molecule has 0 bridgehead atoms. The maximum Gasteiger partial charge on any atom is 0.243 e. The first-order valence-corrected chi connectivity index (χ1v) is 12.6. The number of likely N-dealkylation sites (tertiary alicyclic amines) is 1. The predicted molar refractivity (Wildman–Crippen MR) is 147 cm³/mol. The topological polar surface area (TPSA) is 71.0 Å². The normalized spacial score (nSPS) is 16.1. The lowest BCUT2D eigenvalue weighted by molar-refractivity contribution is -0.138. The predicted octanol–water partition coefficient (Wildman–Crippen LogP) is 5.60. The fourth-order valence-corrected chi connectivity index (χ4v) is 4.61. The third-order valence-electron chi connectivity index (χ3n) is 6.09. The Morgan fingerprint density at radius 2 is 1.68 bits per heavy atom. The number of rotatable bonds is 9. The molecule has 1 atom stereocenters. The zero-order valence-corrected chi connectivity index (χ0v) is 21.7. The van der Waals surface area contributed by atoms with Crippen LogP contribution in [0.15, 0.2) is 96.7 Å². The van der Waals surface area contributed by atoms with Crippen LogP contribution in [0.3, 0.4) is 0 Å². The molecule has 0 saturated carbocycles. The van der Waals surface area contributed by atoms with Crippen LogP contribution in [0.1, 0.15) is 29.0 Å². The fourth-order valence-electron chi connectivity index (χ4n) is 4.29. The summed E-state index contributed by atoms with van der Waals surface area (Å²) in [5.74, 6) is -0.998. The Morgan fingerprint density at radius 3 is 2.27 bits per heavy atom. The van der Waals surface area contributed by atoms with Crippen molar-refractivity contribution in [1.29, 1.82) is 0 Å².